The number of aromatic nitrogens is 1. The van der Waals surface area contributed by atoms with Crippen LogP contribution in [0.3, 0.4) is 0 Å². The Kier molecular flexibility index (Phi) is 5.15. The molecule has 0 bridgehead atoms. The van der Waals surface area contributed by atoms with Crippen LogP contribution in [-0.4, -0.2) is 23.5 Å². The third kappa shape index (κ3) is 4.45. The molecule has 0 atom stereocenters. The predicted molar refractivity (Wildman–Crippen MR) is 71.0 cm³/mol. The van der Waals surface area contributed by atoms with Crippen LogP contribution in [0.1, 0.15) is 37.8 Å². The Morgan fingerprint density at radius 2 is 2.11 bits per heavy atom. The topological polar surface area (TPSA) is 54.0 Å². The zero-order chi connectivity index (χ0) is 12.6. The summed E-state index contributed by atoms with van der Waals surface area (Å²) in [5.74, 6) is 0.0952. The van der Waals surface area contributed by atoms with Gasteiger partial charge in [0.25, 0.3) is 0 Å². The number of amides is 1. The van der Waals surface area contributed by atoms with E-state index < -0.39 is 0 Å². The summed E-state index contributed by atoms with van der Waals surface area (Å²) >= 11 is 0. The second-order valence-electron chi connectivity index (χ2n) is 4.83. The molecular formula is C14H21N3O. The molecule has 1 aliphatic rings. The first-order chi connectivity index (χ1) is 8.84. The molecule has 18 heavy (non-hydrogen) atoms. The molecule has 0 radical (unpaired) electrons. The normalized spacial score (nSPS) is 16.4. The molecule has 0 saturated heterocycles. The number of nitrogens with zero attached hydrogens (tertiary/aromatic N) is 1. The van der Waals surface area contributed by atoms with Crippen LogP contribution in [0.15, 0.2) is 24.4 Å². The van der Waals surface area contributed by atoms with Crippen molar-refractivity contribution in [1.82, 2.24) is 15.6 Å². The Morgan fingerprint density at radius 3 is 2.83 bits per heavy atom. The van der Waals surface area contributed by atoms with Gasteiger partial charge in [-0.2, -0.15) is 0 Å². The highest BCUT2D eigenvalue weighted by molar-refractivity contribution is 5.78. The molecule has 1 aromatic rings. The van der Waals surface area contributed by atoms with Gasteiger partial charge in [-0.25, -0.2) is 0 Å². The van der Waals surface area contributed by atoms with E-state index in [9.17, 15) is 4.79 Å². The minimum Gasteiger partial charge on any atom is -0.352 e. The summed E-state index contributed by atoms with van der Waals surface area (Å²) in [5.41, 5.74) is 0.961. The van der Waals surface area contributed by atoms with Crippen molar-refractivity contribution in [3.8, 4) is 0 Å². The second-order valence-corrected chi connectivity index (χ2v) is 4.83. The van der Waals surface area contributed by atoms with Crippen molar-refractivity contribution in [1.29, 1.82) is 0 Å². The Labute approximate surface area is 108 Å². The van der Waals surface area contributed by atoms with E-state index >= 15 is 0 Å². The molecule has 4 heteroatoms. The summed E-state index contributed by atoms with van der Waals surface area (Å²) in [7, 11) is 0. The lowest BCUT2D eigenvalue weighted by molar-refractivity contribution is -0.121. The number of pyridine rings is 1. The number of hydrogen-bond acceptors (Lipinski definition) is 3. The first-order valence-electron chi connectivity index (χ1n) is 6.74. The first-order valence-corrected chi connectivity index (χ1v) is 6.74. The van der Waals surface area contributed by atoms with Crippen molar-refractivity contribution >= 4 is 5.91 Å². The van der Waals surface area contributed by atoms with Crippen molar-refractivity contribution in [2.24, 2.45) is 0 Å². The van der Waals surface area contributed by atoms with E-state index in [2.05, 4.69) is 15.6 Å². The Hall–Kier alpha value is -1.42. The number of carbonyl (C=O) groups excluding carboxylic acids is 1. The zero-order valence-electron chi connectivity index (χ0n) is 10.7. The highest BCUT2D eigenvalue weighted by atomic mass is 16.1. The fourth-order valence-electron chi connectivity index (χ4n) is 2.33. The average molecular weight is 247 g/mol. The second kappa shape index (κ2) is 7.11. The summed E-state index contributed by atoms with van der Waals surface area (Å²) in [6.45, 7) is 1.01. The monoisotopic (exact) mass is 247 g/mol. The molecule has 1 aromatic heterocycles. The van der Waals surface area contributed by atoms with Crippen LogP contribution in [0.2, 0.25) is 0 Å². The standard InChI is InChI=1S/C14H21N3O/c18-14(17-12-6-2-1-3-7-12)11-15-10-13-8-4-5-9-16-13/h4-5,8-9,12,15H,1-3,6-7,10-11H2,(H,17,18). The predicted octanol–water partition coefficient (Wildman–Crippen LogP) is 1.62. The molecule has 2 N–H and O–H groups in total. The third-order valence-corrected chi connectivity index (χ3v) is 3.29. The Morgan fingerprint density at radius 1 is 1.28 bits per heavy atom. The number of hydrogen-bond donors (Lipinski definition) is 2. The summed E-state index contributed by atoms with van der Waals surface area (Å²) < 4.78 is 0. The summed E-state index contributed by atoms with van der Waals surface area (Å²) in [6.07, 6.45) is 7.82. The van der Waals surface area contributed by atoms with Gasteiger partial charge < -0.3 is 10.6 Å². The van der Waals surface area contributed by atoms with E-state index in [1.54, 1.807) is 6.20 Å². The molecule has 0 aromatic carbocycles. The van der Waals surface area contributed by atoms with Crippen molar-refractivity contribution in [3.05, 3.63) is 30.1 Å². The fraction of sp³-hybridized carbons (Fsp3) is 0.571. The van der Waals surface area contributed by atoms with Gasteiger partial charge in [-0.05, 0) is 25.0 Å². The van der Waals surface area contributed by atoms with Crippen molar-refractivity contribution < 1.29 is 4.79 Å². The highest BCUT2D eigenvalue weighted by Crippen LogP contribution is 2.16. The van der Waals surface area contributed by atoms with Gasteiger partial charge in [0.05, 0.1) is 12.2 Å². The van der Waals surface area contributed by atoms with Gasteiger partial charge in [-0.1, -0.05) is 25.3 Å². The molecule has 0 aliphatic heterocycles. The lowest BCUT2D eigenvalue weighted by Gasteiger charge is -2.22. The quantitative estimate of drug-likeness (QED) is 0.831. The smallest absolute Gasteiger partial charge is 0.234 e. The molecule has 4 nitrogen and oxygen atoms in total. The molecular weight excluding hydrogens is 226 g/mol. The van der Waals surface area contributed by atoms with Gasteiger partial charge in [0.15, 0.2) is 0 Å². The lowest BCUT2D eigenvalue weighted by atomic mass is 9.95. The van der Waals surface area contributed by atoms with Gasteiger partial charge in [0, 0.05) is 18.8 Å². The van der Waals surface area contributed by atoms with Crippen molar-refractivity contribution in [2.75, 3.05) is 6.54 Å². The number of rotatable bonds is 5. The molecule has 1 fully saturated rings. The van der Waals surface area contributed by atoms with E-state index in [0.29, 0.717) is 19.1 Å². The zero-order valence-corrected chi connectivity index (χ0v) is 10.7. The lowest BCUT2D eigenvalue weighted by Crippen LogP contribution is -2.41. The van der Waals surface area contributed by atoms with Crippen molar-refractivity contribution in [2.45, 2.75) is 44.7 Å². The number of nitrogens with one attached hydrogen (secondary N) is 2. The minimum absolute atomic E-state index is 0.0952. The van der Waals surface area contributed by atoms with Crippen LogP contribution in [-0.2, 0) is 11.3 Å². The van der Waals surface area contributed by atoms with Crippen LogP contribution in [0, 0.1) is 0 Å². The first kappa shape index (κ1) is 13.0. The highest BCUT2D eigenvalue weighted by Gasteiger charge is 2.14. The fourth-order valence-corrected chi connectivity index (χ4v) is 2.33. The Bertz CT molecular complexity index is 361. The van der Waals surface area contributed by atoms with Gasteiger partial charge in [0.2, 0.25) is 5.91 Å². The minimum atomic E-state index is 0.0952. The van der Waals surface area contributed by atoms with Crippen LogP contribution >= 0.6 is 0 Å². The van der Waals surface area contributed by atoms with E-state index in [1.165, 1.54) is 19.3 Å². The SMILES string of the molecule is O=C(CNCc1ccccn1)NC1CCCCC1. The summed E-state index contributed by atoms with van der Waals surface area (Å²) in [5, 5.41) is 6.20. The number of carbonyl (C=O) groups is 1. The third-order valence-electron chi connectivity index (χ3n) is 3.29. The van der Waals surface area contributed by atoms with Gasteiger partial charge in [0.1, 0.15) is 0 Å². The molecule has 1 amide bonds. The molecule has 0 unspecified atom stereocenters. The maximum absolute atomic E-state index is 11.7. The van der Waals surface area contributed by atoms with E-state index in [0.717, 1.165) is 18.5 Å². The van der Waals surface area contributed by atoms with Crippen molar-refractivity contribution in [3.63, 3.8) is 0 Å². The van der Waals surface area contributed by atoms with Gasteiger partial charge in [-0.3, -0.25) is 9.78 Å². The summed E-state index contributed by atoms with van der Waals surface area (Å²) in [4.78, 5) is 15.9. The summed E-state index contributed by atoms with van der Waals surface area (Å²) in [6, 6.07) is 6.18. The largest absolute Gasteiger partial charge is 0.352 e. The molecule has 1 heterocycles. The van der Waals surface area contributed by atoms with Crippen LogP contribution in [0.4, 0.5) is 0 Å². The molecule has 1 aliphatic carbocycles. The van der Waals surface area contributed by atoms with Crippen LogP contribution < -0.4 is 10.6 Å². The molecule has 98 valence electrons. The maximum atomic E-state index is 11.7. The maximum Gasteiger partial charge on any atom is 0.234 e. The van der Waals surface area contributed by atoms with Gasteiger partial charge in [-0.15, -0.1) is 0 Å². The molecule has 2 rings (SSSR count). The average Bonchev–Trinajstić information content (AvgIpc) is 2.41. The van der Waals surface area contributed by atoms with Crippen LogP contribution in [0.25, 0.3) is 0 Å². The van der Waals surface area contributed by atoms with Gasteiger partial charge >= 0.3 is 0 Å². The van der Waals surface area contributed by atoms with E-state index in [4.69, 9.17) is 0 Å². The van der Waals surface area contributed by atoms with E-state index in [1.807, 2.05) is 18.2 Å². The van der Waals surface area contributed by atoms with E-state index in [-0.39, 0.29) is 5.91 Å². The Balaban J connectivity index is 1.62. The van der Waals surface area contributed by atoms with Crippen LogP contribution in [0.5, 0.6) is 0 Å². The molecule has 0 spiro atoms. The molecule has 1 saturated carbocycles.